The first kappa shape index (κ1) is 17.7. The van der Waals surface area contributed by atoms with E-state index in [1.165, 1.54) is 4.90 Å². The quantitative estimate of drug-likeness (QED) is 0.802. The van der Waals surface area contributed by atoms with Crippen molar-refractivity contribution in [2.24, 2.45) is 0 Å². The van der Waals surface area contributed by atoms with Crippen LogP contribution in [-0.4, -0.2) is 61.2 Å². The lowest BCUT2D eigenvalue weighted by atomic mass is 10.1. The summed E-state index contributed by atoms with van der Waals surface area (Å²) in [5, 5.41) is 12.4. The molecule has 0 aromatic heterocycles. The number of carbonyl (C=O) groups excluding carboxylic acids is 1. The van der Waals surface area contributed by atoms with E-state index in [-0.39, 0.29) is 30.6 Å². The maximum atomic E-state index is 12.0. The summed E-state index contributed by atoms with van der Waals surface area (Å²) in [5.41, 5.74) is 0.137. The number of likely N-dealkylation sites (tertiary alicyclic amines) is 1. The lowest BCUT2D eigenvalue weighted by molar-refractivity contribution is 0.0719. The number of nitrogens with zero attached hydrogens (tertiary/aromatic N) is 1. The maximum absolute atomic E-state index is 12.0. The van der Waals surface area contributed by atoms with Gasteiger partial charge >= 0.3 is 6.03 Å². The minimum absolute atomic E-state index is 0.0736. The van der Waals surface area contributed by atoms with Crippen LogP contribution in [0.4, 0.5) is 4.79 Å². The van der Waals surface area contributed by atoms with Crippen LogP contribution in [0.1, 0.15) is 18.9 Å². The van der Waals surface area contributed by atoms with Crippen molar-refractivity contribution in [1.82, 2.24) is 10.2 Å². The molecule has 0 bridgehead atoms. The largest absolute Gasteiger partial charge is 0.388 e. The minimum Gasteiger partial charge on any atom is -0.388 e. The van der Waals surface area contributed by atoms with E-state index in [1.807, 2.05) is 30.3 Å². The van der Waals surface area contributed by atoms with Crippen LogP contribution in [0.3, 0.4) is 0 Å². The number of aliphatic hydroxyl groups is 1. The van der Waals surface area contributed by atoms with Gasteiger partial charge in [-0.15, -0.1) is 0 Å². The number of amides is 2. The highest BCUT2D eigenvalue weighted by Gasteiger charge is 2.33. The van der Waals surface area contributed by atoms with Gasteiger partial charge in [0.25, 0.3) is 0 Å². The Morgan fingerprint density at radius 2 is 2.00 bits per heavy atom. The fourth-order valence-corrected chi connectivity index (χ4v) is 3.73. The van der Waals surface area contributed by atoms with E-state index >= 15 is 0 Å². The van der Waals surface area contributed by atoms with Gasteiger partial charge in [-0.3, -0.25) is 0 Å². The number of aryl methyl sites for hydroxylation is 1. The molecule has 0 aliphatic carbocycles. The third-order valence-electron chi connectivity index (χ3n) is 3.97. The number of β-amino-alcohol motifs (C(OH)–C–C–N with tert-alkyl or cyclic N) is 1. The summed E-state index contributed by atoms with van der Waals surface area (Å²) in [4.78, 5) is 13.4. The molecule has 0 radical (unpaired) electrons. The summed E-state index contributed by atoms with van der Waals surface area (Å²) in [6.45, 7) is 2.54. The first-order chi connectivity index (χ1) is 10.8. The van der Waals surface area contributed by atoms with E-state index in [9.17, 15) is 18.3 Å². The van der Waals surface area contributed by atoms with Crippen LogP contribution in [0.25, 0.3) is 0 Å². The zero-order valence-electron chi connectivity index (χ0n) is 13.4. The van der Waals surface area contributed by atoms with Crippen molar-refractivity contribution in [3.8, 4) is 0 Å². The third kappa shape index (κ3) is 5.84. The van der Waals surface area contributed by atoms with Gasteiger partial charge in [-0.05, 0) is 25.3 Å². The Hall–Kier alpha value is -1.60. The predicted molar refractivity (Wildman–Crippen MR) is 89.0 cm³/mol. The Kier molecular flexibility index (Phi) is 5.64. The van der Waals surface area contributed by atoms with E-state index < -0.39 is 15.4 Å². The predicted octanol–water partition coefficient (Wildman–Crippen LogP) is 0.810. The van der Waals surface area contributed by atoms with Crippen LogP contribution < -0.4 is 5.32 Å². The number of rotatable bonds is 6. The van der Waals surface area contributed by atoms with E-state index in [1.54, 1.807) is 6.92 Å². The second kappa shape index (κ2) is 7.31. The van der Waals surface area contributed by atoms with Crippen molar-refractivity contribution in [3.05, 3.63) is 35.9 Å². The molecule has 2 amide bonds. The lowest BCUT2D eigenvalue weighted by Gasteiger charge is -2.19. The number of benzene rings is 1. The summed E-state index contributed by atoms with van der Waals surface area (Å²) in [6.07, 6.45) is 1.02. The minimum atomic E-state index is -3.20. The second-order valence-electron chi connectivity index (χ2n) is 6.29. The van der Waals surface area contributed by atoms with Crippen molar-refractivity contribution >= 4 is 15.9 Å². The molecular weight excluding hydrogens is 316 g/mol. The van der Waals surface area contributed by atoms with Gasteiger partial charge in [-0.1, -0.05) is 30.3 Å². The average Bonchev–Trinajstić information content (AvgIpc) is 2.86. The molecule has 0 saturated carbocycles. The number of sulfone groups is 1. The third-order valence-corrected chi connectivity index (χ3v) is 5.63. The molecule has 2 N–H and O–H groups in total. The van der Waals surface area contributed by atoms with Gasteiger partial charge < -0.3 is 15.3 Å². The van der Waals surface area contributed by atoms with Crippen LogP contribution in [0.2, 0.25) is 0 Å². The van der Waals surface area contributed by atoms with E-state index in [4.69, 9.17) is 0 Å². The topological polar surface area (TPSA) is 86.7 Å². The molecule has 1 atom stereocenters. The van der Waals surface area contributed by atoms with Gasteiger partial charge in [0, 0.05) is 13.1 Å². The highest BCUT2D eigenvalue weighted by Crippen LogP contribution is 2.19. The van der Waals surface area contributed by atoms with Crippen LogP contribution >= 0.6 is 0 Å². The van der Waals surface area contributed by atoms with Crippen molar-refractivity contribution in [2.75, 3.05) is 31.1 Å². The summed E-state index contributed by atoms with van der Waals surface area (Å²) in [7, 11) is -3.20. The molecular formula is C16H24N2O4S. The number of hydrogen-bond donors (Lipinski definition) is 2. The number of hydrogen-bond acceptors (Lipinski definition) is 4. The zero-order chi connectivity index (χ0) is 16.9. The Balaban J connectivity index is 1.71. The van der Waals surface area contributed by atoms with Crippen LogP contribution in [0, 0.1) is 0 Å². The monoisotopic (exact) mass is 340 g/mol. The van der Waals surface area contributed by atoms with Gasteiger partial charge in [-0.25, -0.2) is 13.2 Å². The normalized spacial score (nSPS) is 21.4. The lowest BCUT2D eigenvalue weighted by Crippen LogP contribution is -2.42. The highest BCUT2D eigenvalue weighted by atomic mass is 32.2. The second-order valence-corrected chi connectivity index (χ2v) is 8.59. The summed E-state index contributed by atoms with van der Waals surface area (Å²) in [5.74, 6) is 0.00111. The molecule has 2 rings (SSSR count). The molecule has 6 nitrogen and oxygen atoms in total. The molecule has 1 fully saturated rings. The molecule has 7 heteroatoms. The molecule has 1 aromatic carbocycles. The molecule has 1 heterocycles. The Labute approximate surface area is 137 Å². The first-order valence-electron chi connectivity index (χ1n) is 7.77. The van der Waals surface area contributed by atoms with E-state index in [0.717, 1.165) is 5.56 Å². The fraction of sp³-hybridized carbons (Fsp3) is 0.562. The molecule has 1 unspecified atom stereocenters. The van der Waals surface area contributed by atoms with Gasteiger partial charge in [0.1, 0.15) is 0 Å². The average molecular weight is 340 g/mol. The number of urea groups is 1. The van der Waals surface area contributed by atoms with Gasteiger partial charge in [-0.2, -0.15) is 0 Å². The molecule has 0 spiro atoms. The van der Waals surface area contributed by atoms with Gasteiger partial charge in [0.2, 0.25) is 0 Å². The molecule has 1 aromatic rings. The first-order valence-corrected chi connectivity index (χ1v) is 9.59. The summed E-state index contributed by atoms with van der Waals surface area (Å²) >= 11 is 0. The summed E-state index contributed by atoms with van der Waals surface area (Å²) < 4.78 is 24.0. The molecule has 1 saturated heterocycles. The molecule has 128 valence electrons. The zero-order valence-corrected chi connectivity index (χ0v) is 14.2. The van der Waals surface area contributed by atoms with Crippen LogP contribution in [-0.2, 0) is 16.3 Å². The van der Waals surface area contributed by atoms with Crippen LogP contribution in [0.5, 0.6) is 0 Å². The van der Waals surface area contributed by atoms with Crippen molar-refractivity contribution < 1.29 is 18.3 Å². The SMILES string of the molecule is CC1(O)CCN(C(=O)NCCS(=O)(=O)CCc2ccccc2)C1. The molecule has 1 aliphatic heterocycles. The van der Waals surface area contributed by atoms with Crippen molar-refractivity contribution in [1.29, 1.82) is 0 Å². The Bertz CT molecular complexity index is 629. The maximum Gasteiger partial charge on any atom is 0.317 e. The van der Waals surface area contributed by atoms with Gasteiger partial charge in [0.15, 0.2) is 9.84 Å². The molecule has 23 heavy (non-hydrogen) atoms. The number of nitrogens with one attached hydrogen (secondary N) is 1. The van der Waals surface area contributed by atoms with Crippen LogP contribution in [0.15, 0.2) is 30.3 Å². The standard InChI is InChI=1S/C16H24N2O4S/c1-16(20)8-10-18(13-16)15(19)17-9-12-23(21,22)11-7-14-5-3-2-4-6-14/h2-6,20H,7-13H2,1H3,(H,17,19). The van der Waals surface area contributed by atoms with Crippen molar-refractivity contribution in [3.63, 3.8) is 0 Å². The Morgan fingerprint density at radius 1 is 1.30 bits per heavy atom. The number of carbonyl (C=O) groups is 1. The van der Waals surface area contributed by atoms with E-state index in [0.29, 0.717) is 19.4 Å². The smallest absolute Gasteiger partial charge is 0.317 e. The molecule has 1 aliphatic rings. The Morgan fingerprint density at radius 3 is 2.61 bits per heavy atom. The highest BCUT2D eigenvalue weighted by molar-refractivity contribution is 7.91. The van der Waals surface area contributed by atoms with E-state index in [2.05, 4.69) is 5.32 Å². The van der Waals surface area contributed by atoms with Crippen molar-refractivity contribution in [2.45, 2.75) is 25.4 Å². The van der Waals surface area contributed by atoms with Gasteiger partial charge in [0.05, 0.1) is 23.7 Å². The fourth-order valence-electron chi connectivity index (χ4n) is 2.56. The summed E-state index contributed by atoms with van der Waals surface area (Å²) in [6, 6.07) is 9.14.